The van der Waals surface area contributed by atoms with Crippen LogP contribution >= 0.6 is 0 Å². The molecule has 60 heavy (non-hydrogen) atoms. The number of benzene rings is 9. The second kappa shape index (κ2) is 13.2. The molecule has 0 atom stereocenters. The number of furan rings is 1. The van der Waals surface area contributed by atoms with E-state index in [9.17, 15) is 0 Å². The summed E-state index contributed by atoms with van der Waals surface area (Å²) in [7, 11) is 0. The van der Waals surface area contributed by atoms with Gasteiger partial charge in [0.25, 0.3) is 0 Å². The summed E-state index contributed by atoms with van der Waals surface area (Å²) >= 11 is 0. The maximum atomic E-state index is 6.48. The van der Waals surface area contributed by atoms with E-state index in [1.165, 1.54) is 33.0 Å². The van der Waals surface area contributed by atoms with E-state index in [4.69, 9.17) is 14.4 Å². The van der Waals surface area contributed by atoms with Crippen molar-refractivity contribution in [1.82, 2.24) is 9.97 Å². The van der Waals surface area contributed by atoms with Gasteiger partial charge in [0, 0.05) is 38.4 Å². The van der Waals surface area contributed by atoms with Crippen molar-refractivity contribution < 1.29 is 4.42 Å². The minimum atomic E-state index is -0.151. The quantitative estimate of drug-likeness (QED) is 0.175. The molecule has 12 rings (SSSR count). The normalized spacial score (nSPS) is 13.0. The molecule has 2 aromatic heterocycles. The zero-order chi connectivity index (χ0) is 40.0. The van der Waals surface area contributed by atoms with Crippen molar-refractivity contribution in [2.24, 2.45) is 0 Å². The van der Waals surface area contributed by atoms with E-state index in [1.807, 2.05) is 18.2 Å². The Hall–Kier alpha value is -7.62. The second-order valence-corrected chi connectivity index (χ2v) is 16.5. The molecule has 0 bridgehead atoms. The van der Waals surface area contributed by atoms with Gasteiger partial charge in [-0.05, 0) is 96.9 Å². The van der Waals surface area contributed by atoms with Gasteiger partial charge in [-0.3, -0.25) is 0 Å². The third-order valence-corrected chi connectivity index (χ3v) is 12.7. The van der Waals surface area contributed by atoms with Gasteiger partial charge in [0.15, 0.2) is 5.82 Å². The smallest absolute Gasteiger partial charge is 0.160 e. The molecule has 0 unspecified atom stereocenters. The molecule has 0 fully saturated rings. The summed E-state index contributed by atoms with van der Waals surface area (Å²) in [6, 6.07) is 69.5. The first kappa shape index (κ1) is 34.4. The summed E-state index contributed by atoms with van der Waals surface area (Å²) in [5.41, 5.74) is 16.4. The molecule has 1 aliphatic carbocycles. The average Bonchev–Trinajstić information content (AvgIpc) is 3.79. The summed E-state index contributed by atoms with van der Waals surface area (Å²) in [5, 5.41) is 7.09. The van der Waals surface area contributed by atoms with Crippen LogP contribution in [-0.4, -0.2) is 9.97 Å². The number of aromatic nitrogens is 2. The second-order valence-electron chi connectivity index (χ2n) is 16.5. The standard InChI is InChI=1S/C57H38N2O/c1-57(2)49-24-13-23-47(54(49)48-32-36-16-6-7-17-37(36)33-50(48)57)52-34-51(58-56(59-52)35-14-4-3-5-15-35)41-29-27-38-30-40(28-26-39(38)31-41)42-18-8-9-19-43(42)45-21-12-22-46-44-20-10-11-25-53(44)60-55(45)46/h3-34H,1-2H3. The van der Waals surface area contributed by atoms with Crippen LogP contribution in [0, 0.1) is 0 Å². The third-order valence-electron chi connectivity index (χ3n) is 12.7. The molecule has 0 saturated heterocycles. The maximum Gasteiger partial charge on any atom is 0.160 e. The van der Waals surface area contributed by atoms with Crippen LogP contribution in [0.2, 0.25) is 0 Å². The van der Waals surface area contributed by atoms with Crippen LogP contribution in [0.15, 0.2) is 199 Å². The lowest BCUT2D eigenvalue weighted by molar-refractivity contribution is 0.661. The largest absolute Gasteiger partial charge is 0.455 e. The van der Waals surface area contributed by atoms with E-state index in [-0.39, 0.29) is 5.41 Å². The highest BCUT2D eigenvalue weighted by atomic mass is 16.3. The van der Waals surface area contributed by atoms with E-state index < -0.39 is 0 Å². The van der Waals surface area contributed by atoms with Crippen LogP contribution in [0.4, 0.5) is 0 Å². The highest BCUT2D eigenvalue weighted by molar-refractivity contribution is 6.11. The van der Waals surface area contributed by atoms with Crippen molar-refractivity contribution in [3.05, 3.63) is 205 Å². The zero-order valence-corrected chi connectivity index (χ0v) is 33.3. The van der Waals surface area contributed by atoms with Crippen LogP contribution in [0.25, 0.3) is 111 Å². The van der Waals surface area contributed by atoms with Crippen molar-refractivity contribution in [3.8, 4) is 67.3 Å². The molecule has 2 heterocycles. The SMILES string of the molecule is CC1(C)c2cc3ccccc3cc2-c2c(-c3cc(-c4ccc5cc(-c6ccccc6-c6cccc7c6oc6ccccc67)ccc5c4)nc(-c4ccccc4)n3)cccc21. The first-order chi connectivity index (χ1) is 29.5. The van der Waals surface area contributed by atoms with Gasteiger partial charge in [-0.15, -0.1) is 0 Å². The third kappa shape index (κ3) is 5.36. The lowest BCUT2D eigenvalue weighted by atomic mass is 9.81. The molecule has 0 N–H and O–H groups in total. The lowest BCUT2D eigenvalue weighted by Gasteiger charge is -2.22. The Morgan fingerprint density at radius 2 is 1.00 bits per heavy atom. The van der Waals surface area contributed by atoms with Gasteiger partial charge in [-0.1, -0.05) is 172 Å². The Bertz CT molecular complexity index is 3520. The predicted octanol–water partition coefficient (Wildman–Crippen LogP) is 15.3. The molecule has 0 amide bonds. The van der Waals surface area contributed by atoms with Crippen molar-refractivity contribution in [2.75, 3.05) is 0 Å². The molecule has 1 aliphatic rings. The molecule has 0 aliphatic heterocycles. The number of hydrogen-bond acceptors (Lipinski definition) is 3. The lowest BCUT2D eigenvalue weighted by Crippen LogP contribution is -2.14. The van der Waals surface area contributed by atoms with Gasteiger partial charge < -0.3 is 4.42 Å². The average molecular weight is 767 g/mol. The van der Waals surface area contributed by atoms with Crippen LogP contribution in [0.3, 0.4) is 0 Å². The topological polar surface area (TPSA) is 38.9 Å². The van der Waals surface area contributed by atoms with Gasteiger partial charge in [0.05, 0.1) is 11.4 Å². The number of rotatable bonds is 5. The van der Waals surface area contributed by atoms with E-state index in [0.29, 0.717) is 5.82 Å². The fourth-order valence-corrected chi connectivity index (χ4v) is 9.64. The molecule has 0 spiro atoms. The van der Waals surface area contributed by atoms with E-state index in [2.05, 4.69) is 190 Å². The fourth-order valence-electron chi connectivity index (χ4n) is 9.64. The Labute approximate surface area is 348 Å². The number of para-hydroxylation sites is 2. The molecule has 282 valence electrons. The number of nitrogens with zero attached hydrogens (tertiary/aromatic N) is 2. The monoisotopic (exact) mass is 766 g/mol. The van der Waals surface area contributed by atoms with E-state index >= 15 is 0 Å². The summed E-state index contributed by atoms with van der Waals surface area (Å²) in [5.74, 6) is 0.711. The zero-order valence-electron chi connectivity index (χ0n) is 33.3. The molecular weight excluding hydrogens is 729 g/mol. The minimum absolute atomic E-state index is 0.151. The Kier molecular flexibility index (Phi) is 7.58. The highest BCUT2D eigenvalue weighted by Gasteiger charge is 2.37. The summed E-state index contributed by atoms with van der Waals surface area (Å²) in [6.45, 7) is 4.69. The molecule has 3 heteroatoms. The fraction of sp³-hybridized carbons (Fsp3) is 0.0526. The first-order valence-electron chi connectivity index (χ1n) is 20.6. The summed E-state index contributed by atoms with van der Waals surface area (Å²) < 4.78 is 6.48. The Morgan fingerprint density at radius 3 is 1.85 bits per heavy atom. The van der Waals surface area contributed by atoms with Gasteiger partial charge in [-0.25, -0.2) is 9.97 Å². The minimum Gasteiger partial charge on any atom is -0.455 e. The maximum absolute atomic E-state index is 6.48. The molecule has 3 nitrogen and oxygen atoms in total. The van der Waals surface area contributed by atoms with Crippen molar-refractivity contribution in [3.63, 3.8) is 0 Å². The molecule has 11 aromatic rings. The molecule has 0 radical (unpaired) electrons. The van der Waals surface area contributed by atoms with E-state index in [1.54, 1.807) is 0 Å². The van der Waals surface area contributed by atoms with Gasteiger partial charge in [0.2, 0.25) is 0 Å². The molecule has 0 saturated carbocycles. The molecular formula is C57H38N2O. The van der Waals surface area contributed by atoms with Crippen molar-refractivity contribution >= 4 is 43.5 Å². The first-order valence-corrected chi connectivity index (χ1v) is 20.6. The van der Waals surface area contributed by atoms with Crippen molar-refractivity contribution in [2.45, 2.75) is 19.3 Å². The van der Waals surface area contributed by atoms with Crippen LogP contribution in [0.1, 0.15) is 25.0 Å². The predicted molar refractivity (Wildman–Crippen MR) is 249 cm³/mol. The van der Waals surface area contributed by atoms with Gasteiger partial charge in [0.1, 0.15) is 11.2 Å². The summed E-state index contributed by atoms with van der Waals surface area (Å²) in [4.78, 5) is 10.6. The molecule has 9 aromatic carbocycles. The Morgan fingerprint density at radius 1 is 0.383 bits per heavy atom. The number of fused-ring (bicyclic) bond motifs is 8. The summed E-state index contributed by atoms with van der Waals surface area (Å²) in [6.07, 6.45) is 0. The van der Waals surface area contributed by atoms with Crippen LogP contribution in [-0.2, 0) is 5.41 Å². The van der Waals surface area contributed by atoms with Gasteiger partial charge in [-0.2, -0.15) is 0 Å². The van der Waals surface area contributed by atoms with Gasteiger partial charge >= 0.3 is 0 Å². The number of hydrogen-bond donors (Lipinski definition) is 0. The van der Waals surface area contributed by atoms with Crippen LogP contribution < -0.4 is 0 Å². The van der Waals surface area contributed by atoms with E-state index in [0.717, 1.165) is 83.0 Å². The van der Waals surface area contributed by atoms with Crippen molar-refractivity contribution in [1.29, 1.82) is 0 Å². The van der Waals surface area contributed by atoms with Crippen LogP contribution in [0.5, 0.6) is 0 Å². The Balaban J connectivity index is 0.980. The highest BCUT2D eigenvalue weighted by Crippen LogP contribution is 2.53.